The van der Waals surface area contributed by atoms with Crippen LogP contribution in [0.4, 0.5) is 0 Å². The van der Waals surface area contributed by atoms with Crippen LogP contribution in [0.25, 0.3) is 5.57 Å². The minimum absolute atomic E-state index is 0.178. The largest absolute Gasteiger partial charge is 0.463 e. The second-order valence-electron chi connectivity index (χ2n) is 10.7. The van der Waals surface area contributed by atoms with Gasteiger partial charge in [-0.15, -0.1) is 0 Å². The number of hydrogen-bond donors (Lipinski definition) is 0. The first-order valence-corrected chi connectivity index (χ1v) is 13.0. The van der Waals surface area contributed by atoms with Crippen LogP contribution in [0.1, 0.15) is 93.4 Å². The quantitative estimate of drug-likeness (QED) is 0.210. The first-order chi connectivity index (χ1) is 17.1. The summed E-state index contributed by atoms with van der Waals surface area (Å²) in [5.41, 5.74) is 6.84. The Morgan fingerprint density at radius 1 is 0.833 bits per heavy atom. The Morgan fingerprint density at radius 3 is 2.19 bits per heavy atom. The van der Waals surface area contributed by atoms with E-state index < -0.39 is 0 Å². The van der Waals surface area contributed by atoms with Crippen LogP contribution >= 0.6 is 0 Å². The first-order valence-electron chi connectivity index (χ1n) is 13.0. The van der Waals surface area contributed by atoms with Crippen molar-refractivity contribution in [2.24, 2.45) is 0 Å². The lowest BCUT2D eigenvalue weighted by molar-refractivity contribution is -0.137. The fraction of sp³-hybridized carbons (Fsp3) is 0.438. The summed E-state index contributed by atoms with van der Waals surface area (Å²) in [6.07, 6.45) is 9.41. The van der Waals surface area contributed by atoms with Crippen molar-refractivity contribution < 1.29 is 19.1 Å². The van der Waals surface area contributed by atoms with Gasteiger partial charge in [0, 0.05) is 6.08 Å². The van der Waals surface area contributed by atoms with Gasteiger partial charge in [-0.1, -0.05) is 64.1 Å². The third-order valence-corrected chi connectivity index (χ3v) is 7.11. The molecule has 3 rings (SSSR count). The fourth-order valence-corrected chi connectivity index (χ4v) is 4.86. The van der Waals surface area contributed by atoms with E-state index in [-0.39, 0.29) is 22.8 Å². The third-order valence-electron chi connectivity index (χ3n) is 7.11. The molecule has 0 bridgehead atoms. The molecule has 0 saturated heterocycles. The number of carbonyl (C=O) groups excluding carboxylic acids is 2. The first kappa shape index (κ1) is 27.4. The van der Waals surface area contributed by atoms with E-state index in [1.807, 2.05) is 18.2 Å². The molecule has 0 N–H and O–H groups in total. The Morgan fingerprint density at radius 2 is 1.50 bits per heavy atom. The van der Waals surface area contributed by atoms with Crippen molar-refractivity contribution in [3.63, 3.8) is 0 Å². The lowest BCUT2D eigenvalue weighted by Gasteiger charge is -2.42. The summed E-state index contributed by atoms with van der Waals surface area (Å²) >= 11 is 0. The van der Waals surface area contributed by atoms with Crippen molar-refractivity contribution in [2.75, 3.05) is 13.2 Å². The molecule has 4 nitrogen and oxygen atoms in total. The molecule has 36 heavy (non-hydrogen) atoms. The molecule has 1 aliphatic carbocycles. The maximum atomic E-state index is 12.3. The van der Waals surface area contributed by atoms with Crippen LogP contribution in [0, 0.1) is 0 Å². The number of allylic oxidation sites excluding steroid dienone is 3. The zero-order chi connectivity index (χ0) is 26.3. The molecule has 0 heterocycles. The minimum atomic E-state index is -0.385. The number of fused-ring (bicyclic) bond motifs is 1. The molecule has 0 radical (unpaired) electrons. The molecule has 0 amide bonds. The van der Waals surface area contributed by atoms with E-state index in [1.54, 1.807) is 26.0 Å². The summed E-state index contributed by atoms with van der Waals surface area (Å²) in [5.74, 6) is -0.739. The number of rotatable bonds is 9. The van der Waals surface area contributed by atoms with E-state index in [1.165, 1.54) is 35.6 Å². The number of carbonyl (C=O) groups is 2. The van der Waals surface area contributed by atoms with Gasteiger partial charge in [-0.3, -0.25) is 0 Å². The molecule has 4 heteroatoms. The average molecular weight is 489 g/mol. The minimum Gasteiger partial charge on any atom is -0.463 e. The maximum absolute atomic E-state index is 12.3. The predicted molar refractivity (Wildman–Crippen MR) is 146 cm³/mol. The normalized spacial score (nSPS) is 16.4. The highest BCUT2D eigenvalue weighted by Gasteiger charge is 2.36. The molecule has 0 saturated carbocycles. The zero-order valence-corrected chi connectivity index (χ0v) is 22.6. The third kappa shape index (κ3) is 6.75. The van der Waals surface area contributed by atoms with Gasteiger partial charge in [0.15, 0.2) is 0 Å². The van der Waals surface area contributed by atoms with Crippen LogP contribution in [0.2, 0.25) is 0 Å². The second kappa shape index (κ2) is 11.7. The van der Waals surface area contributed by atoms with Gasteiger partial charge in [0.1, 0.15) is 0 Å². The van der Waals surface area contributed by atoms with E-state index in [9.17, 15) is 9.59 Å². The number of hydrogen-bond acceptors (Lipinski definition) is 4. The standard InChI is InChI=1S/C32H40O4/c1-7-35-29(33)18-16-24(25-13-10-14-26(22-25)30(34)36-8-2)12-9-11-23-15-17-27-28(21-23)32(5,6)20-19-31(27,3)4/h10,12-18,21-22H,7-9,11,19-20H2,1-6H3. The number of aryl methyl sites for hydroxylation is 1. The van der Waals surface area contributed by atoms with Crippen molar-refractivity contribution >= 4 is 17.5 Å². The monoisotopic (exact) mass is 488 g/mol. The SMILES string of the molecule is CCOC(=O)C=CC(=CCCc1ccc2c(c1)C(C)(C)CCC2(C)C)c1cccc(C(=O)OCC)c1. The smallest absolute Gasteiger partial charge is 0.338 e. The Labute approximate surface area is 216 Å². The zero-order valence-electron chi connectivity index (χ0n) is 22.6. The van der Waals surface area contributed by atoms with Crippen molar-refractivity contribution in [3.05, 3.63) is 88.5 Å². The Hall–Kier alpha value is -3.14. The van der Waals surface area contributed by atoms with Crippen LogP contribution < -0.4 is 0 Å². The van der Waals surface area contributed by atoms with Crippen LogP contribution in [0.5, 0.6) is 0 Å². The fourth-order valence-electron chi connectivity index (χ4n) is 4.86. The molecule has 0 atom stereocenters. The molecule has 2 aromatic rings. The highest BCUT2D eigenvalue weighted by atomic mass is 16.5. The summed E-state index contributed by atoms with van der Waals surface area (Å²) in [7, 11) is 0. The molecule has 0 aromatic heterocycles. The second-order valence-corrected chi connectivity index (χ2v) is 10.7. The molecule has 0 unspecified atom stereocenters. The highest BCUT2D eigenvalue weighted by molar-refractivity contribution is 5.92. The Bertz CT molecular complexity index is 1150. The van der Waals surface area contributed by atoms with Crippen molar-refractivity contribution in [3.8, 4) is 0 Å². The average Bonchev–Trinajstić information content (AvgIpc) is 2.84. The van der Waals surface area contributed by atoms with Crippen LogP contribution in [-0.4, -0.2) is 25.2 Å². The Kier molecular flexibility index (Phi) is 8.94. The van der Waals surface area contributed by atoms with Gasteiger partial charge in [-0.2, -0.15) is 0 Å². The van der Waals surface area contributed by atoms with Gasteiger partial charge in [-0.05, 0) is 96.4 Å². The van der Waals surface area contributed by atoms with Gasteiger partial charge < -0.3 is 9.47 Å². The summed E-state index contributed by atoms with van der Waals surface area (Å²) in [5, 5.41) is 0. The van der Waals surface area contributed by atoms with Crippen molar-refractivity contribution in [2.45, 2.75) is 78.1 Å². The number of ether oxygens (including phenoxy) is 2. The summed E-state index contributed by atoms with van der Waals surface area (Å²) in [6, 6.07) is 14.3. The number of benzene rings is 2. The van der Waals surface area contributed by atoms with Gasteiger partial charge >= 0.3 is 11.9 Å². The van der Waals surface area contributed by atoms with Crippen molar-refractivity contribution in [1.82, 2.24) is 0 Å². The molecular formula is C32H40O4. The van der Waals surface area contributed by atoms with Gasteiger partial charge in [0.25, 0.3) is 0 Å². The molecule has 192 valence electrons. The maximum Gasteiger partial charge on any atom is 0.338 e. The highest BCUT2D eigenvalue weighted by Crippen LogP contribution is 2.46. The van der Waals surface area contributed by atoms with Crippen LogP contribution in [-0.2, 0) is 31.5 Å². The van der Waals surface area contributed by atoms with Gasteiger partial charge in [-0.25, -0.2) is 9.59 Å². The molecule has 0 fully saturated rings. The lowest BCUT2D eigenvalue weighted by Crippen LogP contribution is -2.33. The van der Waals surface area contributed by atoms with E-state index in [4.69, 9.17) is 9.47 Å². The van der Waals surface area contributed by atoms with E-state index >= 15 is 0 Å². The van der Waals surface area contributed by atoms with Crippen LogP contribution in [0.15, 0.2) is 60.7 Å². The van der Waals surface area contributed by atoms with E-state index in [0.717, 1.165) is 24.0 Å². The van der Waals surface area contributed by atoms with Crippen LogP contribution in [0.3, 0.4) is 0 Å². The summed E-state index contributed by atoms with van der Waals surface area (Å²) in [6.45, 7) is 13.6. The summed E-state index contributed by atoms with van der Waals surface area (Å²) in [4.78, 5) is 24.2. The Balaban J connectivity index is 1.87. The molecule has 0 aliphatic heterocycles. The predicted octanol–water partition coefficient (Wildman–Crippen LogP) is 7.35. The molecule has 1 aliphatic rings. The van der Waals surface area contributed by atoms with E-state index in [2.05, 4.69) is 52.0 Å². The molecular weight excluding hydrogens is 448 g/mol. The molecule has 0 spiro atoms. The number of esters is 2. The molecule has 2 aromatic carbocycles. The lowest BCUT2D eigenvalue weighted by atomic mass is 9.63. The van der Waals surface area contributed by atoms with Gasteiger partial charge in [0.2, 0.25) is 0 Å². The topological polar surface area (TPSA) is 52.6 Å². The van der Waals surface area contributed by atoms with Gasteiger partial charge in [0.05, 0.1) is 18.8 Å². The van der Waals surface area contributed by atoms with E-state index in [0.29, 0.717) is 18.8 Å². The summed E-state index contributed by atoms with van der Waals surface area (Å²) < 4.78 is 10.2. The van der Waals surface area contributed by atoms with Crippen molar-refractivity contribution in [1.29, 1.82) is 0 Å².